The van der Waals surface area contributed by atoms with E-state index in [0.29, 0.717) is 18.9 Å². The number of benzene rings is 1. The van der Waals surface area contributed by atoms with Gasteiger partial charge in [-0.2, -0.15) is 0 Å². The molecule has 1 aliphatic heterocycles. The number of nitrogens with zero attached hydrogens (tertiary/aromatic N) is 2. The Morgan fingerprint density at radius 1 is 1.32 bits per heavy atom. The van der Waals surface area contributed by atoms with E-state index in [0.717, 1.165) is 32.0 Å². The highest BCUT2D eigenvalue weighted by Gasteiger charge is 2.24. The van der Waals surface area contributed by atoms with Crippen LogP contribution >= 0.6 is 0 Å². The van der Waals surface area contributed by atoms with Crippen molar-refractivity contribution in [1.29, 1.82) is 0 Å². The van der Waals surface area contributed by atoms with Gasteiger partial charge in [-0.15, -0.1) is 0 Å². The minimum absolute atomic E-state index is 0.0676. The molecule has 0 radical (unpaired) electrons. The summed E-state index contributed by atoms with van der Waals surface area (Å²) in [6.45, 7) is 9.46. The smallest absolute Gasteiger partial charge is 0.222 e. The molecule has 0 bridgehead atoms. The third-order valence-corrected chi connectivity index (χ3v) is 4.34. The third-order valence-electron chi connectivity index (χ3n) is 4.34. The van der Waals surface area contributed by atoms with Crippen molar-refractivity contribution in [2.75, 3.05) is 26.2 Å². The summed E-state index contributed by atoms with van der Waals surface area (Å²) in [5.74, 6) is 1.67. The summed E-state index contributed by atoms with van der Waals surface area (Å²) in [6.07, 6.45) is 2.75. The Hall–Kier alpha value is -2.04. The second kappa shape index (κ2) is 10.1. The van der Waals surface area contributed by atoms with Gasteiger partial charge in [0.05, 0.1) is 6.54 Å². The number of hydrogen-bond donors (Lipinski definition) is 2. The Kier molecular flexibility index (Phi) is 7.76. The zero-order valence-electron chi connectivity index (χ0n) is 15.8. The first-order valence-electron chi connectivity index (χ1n) is 9.45. The lowest BCUT2D eigenvalue weighted by atomic mass is 9.99. The van der Waals surface area contributed by atoms with Crippen molar-refractivity contribution in [3.8, 4) is 0 Å². The van der Waals surface area contributed by atoms with Crippen molar-refractivity contribution >= 4 is 11.9 Å². The summed E-state index contributed by atoms with van der Waals surface area (Å²) in [7, 11) is 0. The lowest BCUT2D eigenvalue weighted by Gasteiger charge is -2.21. The topological polar surface area (TPSA) is 56.7 Å². The van der Waals surface area contributed by atoms with Gasteiger partial charge in [0.25, 0.3) is 0 Å². The van der Waals surface area contributed by atoms with Crippen LogP contribution in [-0.4, -0.2) is 49.0 Å². The van der Waals surface area contributed by atoms with Crippen LogP contribution in [0.15, 0.2) is 35.3 Å². The zero-order valence-corrected chi connectivity index (χ0v) is 15.8. The normalized spacial score (nSPS) is 17.8. The predicted octanol–water partition coefficient (Wildman–Crippen LogP) is 2.43. The van der Waals surface area contributed by atoms with Gasteiger partial charge in [-0.25, -0.2) is 0 Å². The first-order valence-corrected chi connectivity index (χ1v) is 9.45. The molecule has 5 heteroatoms. The van der Waals surface area contributed by atoms with E-state index in [9.17, 15) is 4.79 Å². The number of likely N-dealkylation sites (tertiary alicyclic amines) is 1. The molecule has 1 unspecified atom stereocenters. The number of carbonyl (C=O) groups excluding carboxylic acids is 1. The first kappa shape index (κ1) is 19.3. The van der Waals surface area contributed by atoms with Crippen molar-refractivity contribution in [2.24, 2.45) is 10.9 Å². The van der Waals surface area contributed by atoms with Gasteiger partial charge >= 0.3 is 0 Å². The fourth-order valence-corrected chi connectivity index (χ4v) is 3.22. The molecule has 1 aromatic carbocycles. The quantitative estimate of drug-likeness (QED) is 0.590. The molecule has 1 atom stereocenters. The van der Waals surface area contributed by atoms with Crippen LogP contribution in [0.5, 0.6) is 0 Å². The molecule has 0 aliphatic carbocycles. The Morgan fingerprint density at radius 2 is 2.08 bits per heavy atom. The van der Waals surface area contributed by atoms with Crippen LogP contribution in [0.1, 0.15) is 39.2 Å². The molecule has 2 rings (SSSR count). The fourth-order valence-electron chi connectivity index (χ4n) is 3.22. The first-order chi connectivity index (χ1) is 12.1. The van der Waals surface area contributed by atoms with Crippen LogP contribution in [0.2, 0.25) is 0 Å². The highest BCUT2D eigenvalue weighted by molar-refractivity contribution is 5.81. The van der Waals surface area contributed by atoms with E-state index in [2.05, 4.69) is 57.8 Å². The number of rotatable bonds is 7. The van der Waals surface area contributed by atoms with Crippen LogP contribution < -0.4 is 10.6 Å². The molecular weight excluding hydrogens is 312 g/mol. The average molecular weight is 345 g/mol. The molecule has 138 valence electrons. The van der Waals surface area contributed by atoms with Crippen molar-refractivity contribution in [3.63, 3.8) is 0 Å². The van der Waals surface area contributed by atoms with Crippen LogP contribution in [0.25, 0.3) is 0 Å². The summed E-state index contributed by atoms with van der Waals surface area (Å²) < 4.78 is 0. The Labute approximate surface area is 151 Å². The van der Waals surface area contributed by atoms with Crippen molar-refractivity contribution in [2.45, 2.75) is 46.1 Å². The molecule has 0 aromatic heterocycles. The Bertz CT molecular complexity index is 556. The monoisotopic (exact) mass is 344 g/mol. The number of carbonyl (C=O) groups is 1. The van der Waals surface area contributed by atoms with E-state index in [1.807, 2.05) is 13.8 Å². The molecule has 1 saturated heterocycles. The van der Waals surface area contributed by atoms with Crippen LogP contribution in [0.4, 0.5) is 0 Å². The molecule has 1 aromatic rings. The molecule has 0 spiro atoms. The van der Waals surface area contributed by atoms with E-state index in [-0.39, 0.29) is 11.9 Å². The molecule has 1 aliphatic rings. The SMILES string of the molecule is CCNC(=NCCC(=O)NC(C)C)N1CCC(Cc2ccccc2)C1. The number of aliphatic imine (C=N–C) groups is 1. The molecule has 25 heavy (non-hydrogen) atoms. The molecule has 1 fully saturated rings. The van der Waals surface area contributed by atoms with Gasteiger partial charge in [-0.3, -0.25) is 9.79 Å². The van der Waals surface area contributed by atoms with Crippen LogP contribution in [0.3, 0.4) is 0 Å². The average Bonchev–Trinajstić information content (AvgIpc) is 3.02. The summed E-state index contributed by atoms with van der Waals surface area (Å²) >= 11 is 0. The van der Waals surface area contributed by atoms with Gasteiger partial charge in [0.2, 0.25) is 5.91 Å². The number of guanidine groups is 1. The molecule has 2 N–H and O–H groups in total. The highest BCUT2D eigenvalue weighted by atomic mass is 16.1. The largest absolute Gasteiger partial charge is 0.357 e. The minimum atomic E-state index is 0.0676. The van der Waals surface area contributed by atoms with Gasteiger partial charge in [0.15, 0.2) is 5.96 Å². The van der Waals surface area contributed by atoms with Gasteiger partial charge in [0.1, 0.15) is 0 Å². The maximum Gasteiger partial charge on any atom is 0.222 e. The summed E-state index contributed by atoms with van der Waals surface area (Å²) in [5.41, 5.74) is 1.40. The van der Waals surface area contributed by atoms with Crippen LogP contribution in [0, 0.1) is 5.92 Å². The summed E-state index contributed by atoms with van der Waals surface area (Å²) in [5, 5.41) is 6.28. The van der Waals surface area contributed by atoms with Gasteiger partial charge in [-0.1, -0.05) is 30.3 Å². The lowest BCUT2D eigenvalue weighted by Crippen LogP contribution is -2.40. The van der Waals surface area contributed by atoms with Crippen LogP contribution in [-0.2, 0) is 11.2 Å². The van der Waals surface area contributed by atoms with E-state index in [4.69, 9.17) is 0 Å². The van der Waals surface area contributed by atoms with Gasteiger partial charge in [-0.05, 0) is 45.1 Å². The summed E-state index contributed by atoms with van der Waals surface area (Å²) in [6, 6.07) is 10.9. The van der Waals surface area contributed by atoms with Crippen molar-refractivity contribution in [1.82, 2.24) is 15.5 Å². The predicted molar refractivity (Wildman–Crippen MR) is 104 cm³/mol. The zero-order chi connectivity index (χ0) is 18.1. The molecule has 1 heterocycles. The Morgan fingerprint density at radius 3 is 2.76 bits per heavy atom. The van der Waals surface area contributed by atoms with E-state index in [1.54, 1.807) is 0 Å². The Balaban J connectivity index is 1.85. The fraction of sp³-hybridized carbons (Fsp3) is 0.600. The lowest BCUT2D eigenvalue weighted by molar-refractivity contribution is -0.121. The molecular formula is C20H32N4O. The maximum atomic E-state index is 11.8. The number of hydrogen-bond acceptors (Lipinski definition) is 2. The minimum Gasteiger partial charge on any atom is -0.357 e. The van der Waals surface area contributed by atoms with Crippen molar-refractivity contribution in [3.05, 3.63) is 35.9 Å². The standard InChI is InChI=1S/C20H32N4O/c1-4-21-20(22-12-10-19(25)23-16(2)3)24-13-11-18(15-24)14-17-8-6-5-7-9-17/h5-9,16,18H,4,10-15H2,1-3H3,(H,21,22)(H,23,25). The van der Waals surface area contributed by atoms with E-state index < -0.39 is 0 Å². The molecule has 1 amide bonds. The highest BCUT2D eigenvalue weighted by Crippen LogP contribution is 2.20. The second-order valence-electron chi connectivity index (χ2n) is 7.00. The molecule has 0 saturated carbocycles. The van der Waals surface area contributed by atoms with Crippen molar-refractivity contribution < 1.29 is 4.79 Å². The van der Waals surface area contributed by atoms with E-state index >= 15 is 0 Å². The van der Waals surface area contributed by atoms with Gasteiger partial charge in [0, 0.05) is 32.1 Å². The van der Waals surface area contributed by atoms with Gasteiger partial charge < -0.3 is 15.5 Å². The second-order valence-corrected chi connectivity index (χ2v) is 7.00. The number of nitrogens with one attached hydrogen (secondary N) is 2. The summed E-state index contributed by atoms with van der Waals surface area (Å²) in [4.78, 5) is 18.7. The maximum absolute atomic E-state index is 11.8. The molecule has 5 nitrogen and oxygen atoms in total. The number of amides is 1. The van der Waals surface area contributed by atoms with E-state index in [1.165, 1.54) is 12.0 Å². The third kappa shape index (κ3) is 6.77.